The predicted octanol–water partition coefficient (Wildman–Crippen LogP) is 5.02. The maximum Gasteiger partial charge on any atom is 0.257 e. The fourth-order valence-electron chi connectivity index (χ4n) is 1.60. The number of methoxy groups -OCH3 is 1. The van der Waals surface area contributed by atoms with Gasteiger partial charge < -0.3 is 10.1 Å². The first kappa shape index (κ1) is 15.2. The lowest BCUT2D eigenvalue weighted by molar-refractivity contribution is 0.102. The molecular weight excluding hydrogens is 365 g/mol. The lowest BCUT2D eigenvalue weighted by atomic mass is 10.2. The van der Waals surface area contributed by atoms with Crippen LogP contribution in [0.1, 0.15) is 10.4 Å². The molecule has 0 atom stereocenters. The Balaban J connectivity index is 2.33. The molecule has 1 N–H and O–H groups in total. The Labute approximate surface area is 135 Å². The highest BCUT2D eigenvalue weighted by Gasteiger charge is 2.14. The molecule has 1 amide bonds. The Kier molecular flexibility index (Phi) is 4.91. The van der Waals surface area contributed by atoms with Crippen LogP contribution in [-0.4, -0.2) is 13.0 Å². The molecule has 0 spiro atoms. The Bertz CT molecular complexity index is 641. The van der Waals surface area contributed by atoms with E-state index in [2.05, 4.69) is 21.2 Å². The molecule has 2 aromatic carbocycles. The van der Waals surface area contributed by atoms with Crippen molar-refractivity contribution in [2.45, 2.75) is 0 Å². The van der Waals surface area contributed by atoms with Crippen molar-refractivity contribution in [1.29, 1.82) is 0 Å². The van der Waals surface area contributed by atoms with E-state index in [-0.39, 0.29) is 5.91 Å². The summed E-state index contributed by atoms with van der Waals surface area (Å²) >= 11 is 15.4. The van der Waals surface area contributed by atoms with Crippen molar-refractivity contribution in [2.75, 3.05) is 12.4 Å². The van der Waals surface area contributed by atoms with Gasteiger partial charge in [0.1, 0.15) is 5.75 Å². The fourth-order valence-corrected chi connectivity index (χ4v) is 2.52. The Hall–Kier alpha value is -1.23. The molecule has 0 saturated heterocycles. The quantitative estimate of drug-likeness (QED) is 0.819. The predicted molar refractivity (Wildman–Crippen MR) is 85.1 cm³/mol. The molecule has 0 saturated carbocycles. The Morgan fingerprint density at radius 3 is 2.45 bits per heavy atom. The molecule has 0 heterocycles. The summed E-state index contributed by atoms with van der Waals surface area (Å²) in [4.78, 5) is 12.3. The third-order valence-electron chi connectivity index (χ3n) is 2.62. The molecule has 0 aromatic heterocycles. The van der Waals surface area contributed by atoms with Gasteiger partial charge in [-0.05, 0) is 46.3 Å². The van der Waals surface area contributed by atoms with E-state index in [1.165, 1.54) is 7.11 Å². The zero-order chi connectivity index (χ0) is 14.7. The van der Waals surface area contributed by atoms with Crippen molar-refractivity contribution in [3.05, 3.63) is 56.5 Å². The van der Waals surface area contributed by atoms with Gasteiger partial charge in [0.15, 0.2) is 0 Å². The Morgan fingerprint density at radius 1 is 1.20 bits per heavy atom. The molecule has 104 valence electrons. The summed E-state index contributed by atoms with van der Waals surface area (Å²) in [6.45, 7) is 0. The van der Waals surface area contributed by atoms with Gasteiger partial charge in [0.2, 0.25) is 0 Å². The molecule has 20 heavy (non-hydrogen) atoms. The van der Waals surface area contributed by atoms with Crippen LogP contribution in [0.15, 0.2) is 40.9 Å². The normalized spacial score (nSPS) is 10.2. The lowest BCUT2D eigenvalue weighted by Crippen LogP contribution is -2.13. The number of para-hydroxylation sites is 1. The molecule has 3 nitrogen and oxygen atoms in total. The molecule has 0 unspecified atom stereocenters. The highest BCUT2D eigenvalue weighted by Crippen LogP contribution is 2.31. The maximum atomic E-state index is 12.3. The minimum absolute atomic E-state index is 0.328. The fraction of sp³-hybridized carbons (Fsp3) is 0.0714. The van der Waals surface area contributed by atoms with Gasteiger partial charge in [0.05, 0.1) is 28.4 Å². The Morgan fingerprint density at radius 2 is 1.85 bits per heavy atom. The second-order valence-electron chi connectivity index (χ2n) is 3.90. The van der Waals surface area contributed by atoms with Gasteiger partial charge in [-0.2, -0.15) is 0 Å². The van der Waals surface area contributed by atoms with Crippen LogP contribution in [0.5, 0.6) is 5.75 Å². The minimum Gasteiger partial charge on any atom is -0.497 e. The van der Waals surface area contributed by atoms with Crippen molar-refractivity contribution in [3.63, 3.8) is 0 Å². The van der Waals surface area contributed by atoms with Gasteiger partial charge in [0.25, 0.3) is 5.91 Å². The van der Waals surface area contributed by atoms with E-state index in [4.69, 9.17) is 27.9 Å². The second-order valence-corrected chi connectivity index (χ2v) is 5.57. The summed E-state index contributed by atoms with van der Waals surface area (Å²) in [5, 5.41) is 3.46. The van der Waals surface area contributed by atoms with E-state index in [0.717, 1.165) is 0 Å². The SMILES string of the molecule is COc1ccc(Br)c(C(=O)Nc2c(Cl)cccc2Cl)c1. The number of benzene rings is 2. The number of carbonyl (C=O) groups is 1. The van der Waals surface area contributed by atoms with Crippen LogP contribution in [0.4, 0.5) is 5.69 Å². The van der Waals surface area contributed by atoms with Gasteiger partial charge >= 0.3 is 0 Å². The van der Waals surface area contributed by atoms with Crippen molar-refractivity contribution in [1.82, 2.24) is 0 Å². The number of hydrogen-bond acceptors (Lipinski definition) is 2. The van der Waals surface area contributed by atoms with E-state index >= 15 is 0 Å². The third-order valence-corrected chi connectivity index (χ3v) is 3.94. The molecule has 0 bridgehead atoms. The molecule has 6 heteroatoms. The largest absolute Gasteiger partial charge is 0.497 e. The van der Waals surface area contributed by atoms with E-state index in [9.17, 15) is 4.79 Å². The number of ether oxygens (including phenoxy) is 1. The topological polar surface area (TPSA) is 38.3 Å². The van der Waals surface area contributed by atoms with Crippen LogP contribution in [0.3, 0.4) is 0 Å². The third kappa shape index (κ3) is 3.26. The number of halogens is 3. The van der Waals surface area contributed by atoms with Crippen molar-refractivity contribution >= 4 is 50.7 Å². The smallest absolute Gasteiger partial charge is 0.257 e. The second kappa shape index (κ2) is 6.48. The molecule has 0 aliphatic carbocycles. The summed E-state index contributed by atoms with van der Waals surface area (Å²) in [6.07, 6.45) is 0. The van der Waals surface area contributed by atoms with Crippen LogP contribution in [0, 0.1) is 0 Å². The minimum atomic E-state index is -0.328. The van der Waals surface area contributed by atoms with Crippen LogP contribution < -0.4 is 10.1 Å². The number of rotatable bonds is 3. The first-order valence-corrected chi connectivity index (χ1v) is 7.16. The molecule has 0 aliphatic rings. The highest BCUT2D eigenvalue weighted by atomic mass is 79.9. The molecular formula is C14H10BrCl2NO2. The average Bonchev–Trinajstić information content (AvgIpc) is 2.43. The number of amides is 1. The zero-order valence-electron chi connectivity index (χ0n) is 10.4. The van der Waals surface area contributed by atoms with Crippen LogP contribution in [0.2, 0.25) is 10.0 Å². The summed E-state index contributed by atoms with van der Waals surface area (Å²) in [7, 11) is 1.54. The van der Waals surface area contributed by atoms with Crippen LogP contribution in [0.25, 0.3) is 0 Å². The maximum absolute atomic E-state index is 12.3. The molecule has 0 radical (unpaired) electrons. The number of carbonyl (C=O) groups excluding carboxylic acids is 1. The summed E-state index contributed by atoms with van der Waals surface area (Å²) in [5.41, 5.74) is 0.816. The van der Waals surface area contributed by atoms with Gasteiger partial charge in [0, 0.05) is 4.47 Å². The monoisotopic (exact) mass is 373 g/mol. The van der Waals surface area contributed by atoms with Gasteiger partial charge in [-0.25, -0.2) is 0 Å². The summed E-state index contributed by atoms with van der Waals surface area (Å²) in [5.74, 6) is 0.259. The van der Waals surface area contributed by atoms with Crippen LogP contribution >= 0.6 is 39.1 Å². The molecule has 0 fully saturated rings. The first-order chi connectivity index (χ1) is 9.52. The number of anilines is 1. The first-order valence-electron chi connectivity index (χ1n) is 5.62. The van der Waals surface area contributed by atoms with Crippen LogP contribution in [-0.2, 0) is 0 Å². The summed E-state index contributed by atoms with van der Waals surface area (Å²) < 4.78 is 5.76. The standard InChI is InChI=1S/C14H10BrCl2NO2/c1-20-8-5-6-10(15)9(7-8)14(19)18-13-11(16)3-2-4-12(13)17/h2-7H,1H3,(H,18,19). The van der Waals surface area contributed by atoms with Gasteiger partial charge in [-0.15, -0.1) is 0 Å². The number of nitrogens with one attached hydrogen (secondary N) is 1. The van der Waals surface area contributed by atoms with E-state index in [1.807, 2.05) is 0 Å². The van der Waals surface area contributed by atoms with E-state index in [1.54, 1.807) is 36.4 Å². The molecule has 0 aliphatic heterocycles. The van der Waals surface area contributed by atoms with Gasteiger partial charge in [-0.3, -0.25) is 4.79 Å². The van der Waals surface area contributed by atoms with Gasteiger partial charge in [-0.1, -0.05) is 29.3 Å². The van der Waals surface area contributed by atoms with Crippen molar-refractivity contribution < 1.29 is 9.53 Å². The van der Waals surface area contributed by atoms with Crippen molar-refractivity contribution in [3.8, 4) is 5.75 Å². The van der Waals surface area contributed by atoms with E-state index in [0.29, 0.717) is 31.5 Å². The molecule has 2 aromatic rings. The molecule has 2 rings (SSSR count). The number of hydrogen-bond donors (Lipinski definition) is 1. The van der Waals surface area contributed by atoms with E-state index < -0.39 is 0 Å². The lowest BCUT2D eigenvalue weighted by Gasteiger charge is -2.11. The van der Waals surface area contributed by atoms with Crippen molar-refractivity contribution in [2.24, 2.45) is 0 Å². The summed E-state index contributed by atoms with van der Waals surface area (Å²) in [6, 6.07) is 10.1. The average molecular weight is 375 g/mol. The highest BCUT2D eigenvalue weighted by molar-refractivity contribution is 9.10. The zero-order valence-corrected chi connectivity index (χ0v) is 13.5.